The first-order valence-corrected chi connectivity index (χ1v) is 10.4. The molecule has 6 heteroatoms. The molecule has 1 aromatic rings. The lowest BCUT2D eigenvalue weighted by molar-refractivity contribution is 0.0991. The molecular formula is C18H28N2O3S. The Bertz CT molecular complexity index is 645. The minimum absolute atomic E-state index is 0.0241. The minimum Gasteiger partial charge on any atom is -0.380 e. The lowest BCUT2D eigenvalue weighted by Gasteiger charge is -2.29. The molecule has 1 aliphatic carbocycles. The summed E-state index contributed by atoms with van der Waals surface area (Å²) in [4.78, 5) is 2.40. The summed E-state index contributed by atoms with van der Waals surface area (Å²) in [5.41, 5.74) is 1.98. The fourth-order valence-corrected chi connectivity index (χ4v) is 5.39. The van der Waals surface area contributed by atoms with E-state index in [4.69, 9.17) is 4.74 Å². The standard InChI is InChI=1S/C18H28N2O3S/c1-14-6-8-15(9-7-14)13-24(21,22)19-17-4-3-5-18(17)20-11-10-16(12-20)23-2/h6-9,16-19H,3-5,10-13H2,1-2H3/t16?,17-,18+/m1/s1. The van der Waals surface area contributed by atoms with Gasteiger partial charge in [0.2, 0.25) is 10.0 Å². The van der Waals surface area contributed by atoms with Crippen molar-refractivity contribution in [2.45, 2.75) is 56.5 Å². The van der Waals surface area contributed by atoms with Crippen LogP contribution in [0.15, 0.2) is 24.3 Å². The molecule has 0 radical (unpaired) electrons. The van der Waals surface area contributed by atoms with Gasteiger partial charge in [0.15, 0.2) is 0 Å². The van der Waals surface area contributed by atoms with Crippen LogP contribution < -0.4 is 4.72 Å². The molecular weight excluding hydrogens is 324 g/mol. The second-order valence-corrected chi connectivity index (χ2v) is 8.86. The molecule has 2 fully saturated rings. The van der Waals surface area contributed by atoms with E-state index in [0.717, 1.165) is 49.9 Å². The van der Waals surface area contributed by atoms with Crippen molar-refractivity contribution in [2.24, 2.45) is 0 Å². The van der Waals surface area contributed by atoms with E-state index < -0.39 is 10.0 Å². The molecule has 24 heavy (non-hydrogen) atoms. The molecule has 3 atom stereocenters. The van der Waals surface area contributed by atoms with Crippen LogP contribution in [-0.4, -0.2) is 51.7 Å². The monoisotopic (exact) mass is 352 g/mol. The van der Waals surface area contributed by atoms with Crippen molar-refractivity contribution in [3.63, 3.8) is 0 Å². The SMILES string of the molecule is COC1CCN([C@H]2CCC[C@H]2NS(=O)(=O)Cc2ccc(C)cc2)C1. The van der Waals surface area contributed by atoms with E-state index in [-0.39, 0.29) is 17.9 Å². The average Bonchev–Trinajstić information content (AvgIpc) is 3.17. The molecule has 1 saturated heterocycles. The molecule has 134 valence electrons. The van der Waals surface area contributed by atoms with E-state index in [2.05, 4.69) is 9.62 Å². The highest BCUT2D eigenvalue weighted by molar-refractivity contribution is 7.88. The molecule has 0 amide bonds. The first-order valence-electron chi connectivity index (χ1n) is 8.79. The molecule has 1 N–H and O–H groups in total. The van der Waals surface area contributed by atoms with Crippen LogP contribution in [0.4, 0.5) is 0 Å². The van der Waals surface area contributed by atoms with Gasteiger partial charge in [-0.2, -0.15) is 0 Å². The number of ether oxygens (including phenoxy) is 1. The number of sulfonamides is 1. The third-order valence-electron chi connectivity index (χ3n) is 5.27. The largest absolute Gasteiger partial charge is 0.380 e. The number of nitrogens with zero attached hydrogens (tertiary/aromatic N) is 1. The van der Waals surface area contributed by atoms with Gasteiger partial charge in [-0.05, 0) is 31.7 Å². The minimum atomic E-state index is -3.32. The van der Waals surface area contributed by atoms with E-state index in [1.165, 1.54) is 0 Å². The van der Waals surface area contributed by atoms with Crippen molar-refractivity contribution >= 4 is 10.0 Å². The van der Waals surface area contributed by atoms with Gasteiger partial charge in [-0.3, -0.25) is 4.90 Å². The zero-order valence-corrected chi connectivity index (χ0v) is 15.4. The summed E-state index contributed by atoms with van der Waals surface area (Å²) in [6, 6.07) is 8.03. The molecule has 1 unspecified atom stereocenters. The number of aryl methyl sites for hydroxylation is 1. The van der Waals surface area contributed by atoms with Gasteiger partial charge < -0.3 is 4.74 Å². The topological polar surface area (TPSA) is 58.6 Å². The molecule has 5 nitrogen and oxygen atoms in total. The van der Waals surface area contributed by atoms with E-state index in [1.54, 1.807) is 7.11 Å². The molecule has 1 aliphatic heterocycles. The van der Waals surface area contributed by atoms with Crippen molar-refractivity contribution in [1.29, 1.82) is 0 Å². The predicted molar refractivity (Wildman–Crippen MR) is 95.4 cm³/mol. The Kier molecular flexibility index (Phi) is 5.59. The molecule has 1 aromatic carbocycles. The Labute approximate surface area is 145 Å². The third-order valence-corrected chi connectivity index (χ3v) is 6.64. The molecule has 1 saturated carbocycles. The summed E-state index contributed by atoms with van der Waals surface area (Å²) in [7, 11) is -1.57. The van der Waals surface area contributed by atoms with Crippen LogP contribution in [0, 0.1) is 6.92 Å². The summed E-state index contributed by atoms with van der Waals surface area (Å²) < 4.78 is 33.5. The van der Waals surface area contributed by atoms with Crippen LogP contribution in [-0.2, 0) is 20.5 Å². The zero-order valence-electron chi connectivity index (χ0n) is 14.6. The maximum atomic E-state index is 12.6. The summed E-state index contributed by atoms with van der Waals surface area (Å²) >= 11 is 0. The van der Waals surface area contributed by atoms with Crippen LogP contribution >= 0.6 is 0 Å². The van der Waals surface area contributed by atoms with E-state index in [9.17, 15) is 8.42 Å². The van der Waals surface area contributed by atoms with E-state index >= 15 is 0 Å². The van der Waals surface area contributed by atoms with Crippen molar-refractivity contribution in [2.75, 3.05) is 20.2 Å². The molecule has 0 aromatic heterocycles. The van der Waals surface area contributed by atoms with Crippen molar-refractivity contribution in [1.82, 2.24) is 9.62 Å². The van der Waals surface area contributed by atoms with Crippen LogP contribution in [0.25, 0.3) is 0 Å². The van der Waals surface area contributed by atoms with Crippen LogP contribution in [0.1, 0.15) is 36.8 Å². The number of methoxy groups -OCH3 is 1. The Morgan fingerprint density at radius 2 is 1.96 bits per heavy atom. The normalized spacial score (nSPS) is 28.5. The summed E-state index contributed by atoms with van der Waals surface area (Å²) in [5.74, 6) is 0.0528. The Morgan fingerprint density at radius 3 is 2.62 bits per heavy atom. The van der Waals surface area contributed by atoms with Gasteiger partial charge in [0, 0.05) is 32.3 Å². The van der Waals surface area contributed by atoms with Gasteiger partial charge >= 0.3 is 0 Å². The number of likely N-dealkylation sites (tertiary alicyclic amines) is 1. The highest BCUT2D eigenvalue weighted by Gasteiger charge is 2.37. The molecule has 1 heterocycles. The second kappa shape index (κ2) is 7.52. The van der Waals surface area contributed by atoms with E-state index in [0.29, 0.717) is 6.04 Å². The summed E-state index contributed by atoms with van der Waals surface area (Å²) in [5, 5.41) is 0. The number of hydrogen-bond acceptors (Lipinski definition) is 4. The van der Waals surface area contributed by atoms with Crippen molar-refractivity contribution < 1.29 is 13.2 Å². The fraction of sp³-hybridized carbons (Fsp3) is 0.667. The zero-order chi connectivity index (χ0) is 17.2. The number of nitrogens with one attached hydrogen (secondary N) is 1. The first-order chi connectivity index (χ1) is 11.5. The lowest BCUT2D eigenvalue weighted by atomic mass is 10.1. The lowest BCUT2D eigenvalue weighted by Crippen LogP contribution is -2.48. The molecule has 3 rings (SSSR count). The molecule has 0 spiro atoms. The maximum absolute atomic E-state index is 12.6. The molecule has 0 bridgehead atoms. The van der Waals surface area contributed by atoms with Gasteiger partial charge in [0.05, 0.1) is 11.9 Å². The maximum Gasteiger partial charge on any atom is 0.216 e. The predicted octanol–water partition coefficient (Wildman–Crippen LogP) is 2.06. The number of benzene rings is 1. The Balaban J connectivity index is 1.62. The molecule has 2 aliphatic rings. The fourth-order valence-electron chi connectivity index (χ4n) is 3.94. The smallest absolute Gasteiger partial charge is 0.216 e. The highest BCUT2D eigenvalue weighted by atomic mass is 32.2. The van der Waals surface area contributed by atoms with Gasteiger partial charge in [-0.1, -0.05) is 36.2 Å². The Hall–Kier alpha value is -0.950. The summed E-state index contributed by atoms with van der Waals surface area (Å²) in [6.07, 6.45) is 4.39. The van der Waals surface area contributed by atoms with Crippen molar-refractivity contribution in [3.05, 3.63) is 35.4 Å². The van der Waals surface area contributed by atoms with Crippen molar-refractivity contribution in [3.8, 4) is 0 Å². The van der Waals surface area contributed by atoms with E-state index in [1.807, 2.05) is 31.2 Å². The highest BCUT2D eigenvalue weighted by Crippen LogP contribution is 2.28. The quantitative estimate of drug-likeness (QED) is 0.851. The van der Waals surface area contributed by atoms with Gasteiger partial charge in [-0.15, -0.1) is 0 Å². The third kappa shape index (κ3) is 4.36. The van der Waals surface area contributed by atoms with Gasteiger partial charge in [-0.25, -0.2) is 13.1 Å². The number of rotatable bonds is 6. The second-order valence-electron chi connectivity index (χ2n) is 7.11. The van der Waals surface area contributed by atoms with Gasteiger partial charge in [0.25, 0.3) is 0 Å². The van der Waals surface area contributed by atoms with Crippen LogP contribution in [0.5, 0.6) is 0 Å². The average molecular weight is 353 g/mol. The summed E-state index contributed by atoms with van der Waals surface area (Å²) in [6.45, 7) is 3.92. The van der Waals surface area contributed by atoms with Crippen LogP contribution in [0.3, 0.4) is 0 Å². The number of hydrogen-bond donors (Lipinski definition) is 1. The Morgan fingerprint density at radius 1 is 1.21 bits per heavy atom. The van der Waals surface area contributed by atoms with Gasteiger partial charge in [0.1, 0.15) is 0 Å². The van der Waals surface area contributed by atoms with Crippen LogP contribution in [0.2, 0.25) is 0 Å². The first kappa shape index (κ1) is 17.9.